The number of aromatic amines is 1. The number of methoxy groups -OCH3 is 1. The molecule has 0 saturated heterocycles. The highest BCUT2D eigenvalue weighted by atomic mass is 16.5. The normalized spacial score (nSPS) is 10.2. The van der Waals surface area contributed by atoms with E-state index >= 15 is 0 Å². The van der Waals surface area contributed by atoms with Crippen molar-refractivity contribution in [1.82, 2.24) is 15.4 Å². The van der Waals surface area contributed by atoms with Crippen LogP contribution in [0, 0.1) is 6.92 Å². The molecular weight excluding hydrogens is 248 g/mol. The first-order valence-corrected chi connectivity index (χ1v) is 5.44. The van der Waals surface area contributed by atoms with E-state index in [-0.39, 0.29) is 5.69 Å². The Balaban J connectivity index is 2.55. The summed E-state index contributed by atoms with van der Waals surface area (Å²) in [6, 6.07) is 5.05. The van der Waals surface area contributed by atoms with Crippen LogP contribution in [0.1, 0.15) is 26.4 Å². The zero-order valence-electron chi connectivity index (χ0n) is 10.4. The topological polar surface area (TPSA) is 111 Å². The maximum absolute atomic E-state index is 11.6. The number of hydrogen-bond donors (Lipinski definition) is 2. The van der Waals surface area contributed by atoms with Crippen molar-refractivity contribution in [3.63, 3.8) is 0 Å². The van der Waals surface area contributed by atoms with Crippen molar-refractivity contribution in [3.8, 4) is 11.3 Å². The highest BCUT2D eigenvalue weighted by Crippen LogP contribution is 2.23. The number of rotatable bonds is 3. The fourth-order valence-corrected chi connectivity index (χ4v) is 1.70. The van der Waals surface area contributed by atoms with Gasteiger partial charge in [0.25, 0.3) is 5.91 Å². The van der Waals surface area contributed by atoms with E-state index in [1.807, 2.05) is 0 Å². The van der Waals surface area contributed by atoms with Gasteiger partial charge in [-0.3, -0.25) is 4.79 Å². The fourth-order valence-electron chi connectivity index (χ4n) is 1.70. The number of aryl methyl sites for hydroxylation is 1. The number of H-pyrrole nitrogens is 1. The average Bonchev–Trinajstić information content (AvgIpc) is 2.88. The van der Waals surface area contributed by atoms with E-state index in [4.69, 9.17) is 10.5 Å². The second-order valence-electron chi connectivity index (χ2n) is 3.91. The molecule has 2 rings (SSSR count). The van der Waals surface area contributed by atoms with Crippen molar-refractivity contribution in [2.45, 2.75) is 6.92 Å². The lowest BCUT2D eigenvalue weighted by Crippen LogP contribution is -2.13. The van der Waals surface area contributed by atoms with Crippen LogP contribution < -0.4 is 5.73 Å². The van der Waals surface area contributed by atoms with Crippen molar-refractivity contribution in [2.75, 3.05) is 7.11 Å². The summed E-state index contributed by atoms with van der Waals surface area (Å²) in [7, 11) is 1.30. The van der Waals surface area contributed by atoms with E-state index in [2.05, 4.69) is 15.4 Å². The summed E-state index contributed by atoms with van der Waals surface area (Å²) in [4.78, 5) is 22.8. The number of ether oxygens (including phenoxy) is 1. The average molecular weight is 260 g/mol. The molecule has 7 heteroatoms. The molecule has 1 heterocycles. The highest BCUT2D eigenvalue weighted by molar-refractivity contribution is 5.98. The van der Waals surface area contributed by atoms with E-state index in [0.717, 1.165) is 5.56 Å². The highest BCUT2D eigenvalue weighted by Gasteiger charge is 2.17. The molecule has 0 atom stereocenters. The van der Waals surface area contributed by atoms with Gasteiger partial charge in [-0.1, -0.05) is 12.1 Å². The molecule has 1 amide bonds. The molecule has 0 unspecified atom stereocenters. The van der Waals surface area contributed by atoms with E-state index in [0.29, 0.717) is 16.8 Å². The van der Waals surface area contributed by atoms with Gasteiger partial charge < -0.3 is 10.5 Å². The molecule has 7 nitrogen and oxygen atoms in total. The lowest BCUT2D eigenvalue weighted by Gasteiger charge is -2.06. The third-order valence-corrected chi connectivity index (χ3v) is 2.70. The summed E-state index contributed by atoms with van der Waals surface area (Å²) in [5.41, 5.74) is 7.26. The number of aromatic nitrogens is 3. The molecule has 0 saturated carbocycles. The van der Waals surface area contributed by atoms with Crippen molar-refractivity contribution in [2.24, 2.45) is 5.73 Å². The van der Waals surface area contributed by atoms with Gasteiger partial charge in [0, 0.05) is 5.56 Å². The van der Waals surface area contributed by atoms with Crippen molar-refractivity contribution < 1.29 is 14.3 Å². The fraction of sp³-hybridized carbons (Fsp3) is 0.167. The van der Waals surface area contributed by atoms with Crippen molar-refractivity contribution >= 4 is 11.9 Å². The molecule has 0 radical (unpaired) electrons. The van der Waals surface area contributed by atoms with Gasteiger partial charge in [0.05, 0.1) is 12.7 Å². The van der Waals surface area contributed by atoms with Gasteiger partial charge in [-0.15, -0.1) is 0 Å². The van der Waals surface area contributed by atoms with Gasteiger partial charge in [-0.2, -0.15) is 15.4 Å². The number of primary amides is 1. The number of nitrogens with zero attached hydrogens (tertiary/aromatic N) is 2. The molecule has 19 heavy (non-hydrogen) atoms. The number of esters is 1. The molecule has 3 N–H and O–H groups in total. The van der Waals surface area contributed by atoms with E-state index in [1.165, 1.54) is 7.11 Å². The van der Waals surface area contributed by atoms with Crippen LogP contribution in [-0.2, 0) is 4.74 Å². The summed E-state index contributed by atoms with van der Waals surface area (Å²) < 4.78 is 4.69. The van der Waals surface area contributed by atoms with Gasteiger partial charge >= 0.3 is 5.97 Å². The number of amides is 1. The van der Waals surface area contributed by atoms with Gasteiger partial charge in [0.1, 0.15) is 5.69 Å². The first kappa shape index (κ1) is 12.7. The van der Waals surface area contributed by atoms with Gasteiger partial charge in [0.2, 0.25) is 0 Å². The summed E-state index contributed by atoms with van der Waals surface area (Å²) in [5.74, 6) is -1.15. The molecule has 0 bridgehead atoms. The van der Waals surface area contributed by atoms with Crippen LogP contribution in [0.3, 0.4) is 0 Å². The molecular formula is C12H12N4O3. The van der Waals surface area contributed by atoms with Crippen LogP contribution in [0.5, 0.6) is 0 Å². The van der Waals surface area contributed by atoms with E-state index in [9.17, 15) is 9.59 Å². The maximum Gasteiger partial charge on any atom is 0.338 e. The van der Waals surface area contributed by atoms with Crippen LogP contribution in [0.2, 0.25) is 0 Å². The Morgan fingerprint density at radius 3 is 2.68 bits per heavy atom. The van der Waals surface area contributed by atoms with Crippen LogP contribution in [0.15, 0.2) is 18.2 Å². The van der Waals surface area contributed by atoms with E-state index < -0.39 is 11.9 Å². The zero-order chi connectivity index (χ0) is 14.0. The maximum atomic E-state index is 11.6. The lowest BCUT2D eigenvalue weighted by molar-refractivity contribution is 0.0600. The van der Waals surface area contributed by atoms with Crippen LogP contribution in [-0.4, -0.2) is 34.4 Å². The van der Waals surface area contributed by atoms with Gasteiger partial charge in [-0.05, 0) is 18.6 Å². The number of benzene rings is 1. The molecule has 1 aromatic heterocycles. The monoisotopic (exact) mass is 260 g/mol. The third kappa shape index (κ3) is 2.30. The number of nitrogens with one attached hydrogen (secondary N) is 1. The molecule has 0 aliphatic heterocycles. The Labute approximate surface area is 108 Å². The smallest absolute Gasteiger partial charge is 0.338 e. The summed E-state index contributed by atoms with van der Waals surface area (Å²) in [6.45, 7) is 1.79. The summed E-state index contributed by atoms with van der Waals surface area (Å²) in [6.07, 6.45) is 0. The largest absolute Gasteiger partial charge is 0.465 e. The minimum Gasteiger partial charge on any atom is -0.465 e. The Bertz CT molecular complexity index is 648. The minimum absolute atomic E-state index is 0.0275. The molecule has 0 spiro atoms. The number of carbonyl (C=O) groups is 2. The number of carbonyl (C=O) groups excluding carboxylic acids is 2. The van der Waals surface area contributed by atoms with Gasteiger partial charge in [-0.25, -0.2) is 4.79 Å². The van der Waals surface area contributed by atoms with Crippen LogP contribution in [0.4, 0.5) is 0 Å². The molecule has 0 aliphatic carbocycles. The lowest BCUT2D eigenvalue weighted by atomic mass is 10.0. The third-order valence-electron chi connectivity index (χ3n) is 2.70. The summed E-state index contributed by atoms with van der Waals surface area (Å²) >= 11 is 0. The van der Waals surface area contributed by atoms with E-state index in [1.54, 1.807) is 25.1 Å². The quantitative estimate of drug-likeness (QED) is 0.788. The van der Waals surface area contributed by atoms with Crippen LogP contribution in [0.25, 0.3) is 11.3 Å². The predicted molar refractivity (Wildman–Crippen MR) is 66.4 cm³/mol. The number of hydrogen-bond acceptors (Lipinski definition) is 5. The second-order valence-corrected chi connectivity index (χ2v) is 3.91. The number of nitrogens with two attached hydrogens (primary N) is 1. The molecule has 0 aliphatic rings. The van der Waals surface area contributed by atoms with Crippen molar-refractivity contribution in [3.05, 3.63) is 35.0 Å². The molecule has 98 valence electrons. The van der Waals surface area contributed by atoms with Crippen LogP contribution >= 0.6 is 0 Å². The Hall–Kier alpha value is -2.70. The summed E-state index contributed by atoms with van der Waals surface area (Å²) in [5, 5.41) is 9.90. The van der Waals surface area contributed by atoms with Crippen molar-refractivity contribution in [1.29, 1.82) is 0 Å². The molecule has 2 aromatic rings. The predicted octanol–water partition coefficient (Wildman–Crippen LogP) is 0.666. The minimum atomic E-state index is -0.691. The SMILES string of the molecule is COC(=O)c1cc(-c2n[nH]nc2C(N)=O)ccc1C. The Morgan fingerprint density at radius 1 is 1.32 bits per heavy atom. The first-order valence-electron chi connectivity index (χ1n) is 5.44. The Morgan fingerprint density at radius 2 is 2.05 bits per heavy atom. The van der Waals surface area contributed by atoms with Gasteiger partial charge in [0.15, 0.2) is 5.69 Å². The zero-order valence-corrected chi connectivity index (χ0v) is 10.4. The first-order chi connectivity index (χ1) is 9.04. The molecule has 0 fully saturated rings. The molecule has 1 aromatic carbocycles. The Kier molecular flexibility index (Phi) is 3.28. The second kappa shape index (κ2) is 4.89. The standard InChI is InChI=1S/C12H12N4O3/c1-6-3-4-7(5-8(6)12(18)19-2)9-10(11(13)17)15-16-14-9/h3-5H,1-2H3,(H2,13,17)(H,14,15,16).